The highest BCUT2D eigenvalue weighted by molar-refractivity contribution is 7.56. The molecule has 0 spiro atoms. The van der Waals surface area contributed by atoms with Gasteiger partial charge in [0.25, 0.3) is 0 Å². The van der Waals surface area contributed by atoms with Crippen molar-refractivity contribution in [2.24, 2.45) is 0 Å². The fraction of sp³-hybridized carbons (Fsp3) is 0.455. The standard InChI is InChI=1S/C11H16ClO3P/c1-3-14-16(13,15-4-2)11(12)10-8-6-5-7-9-10/h5-9,11H,3-4H2,1-2H3. The number of hydrogen-bond donors (Lipinski definition) is 0. The topological polar surface area (TPSA) is 35.5 Å². The molecule has 0 aliphatic carbocycles. The van der Waals surface area contributed by atoms with Crippen molar-refractivity contribution in [2.45, 2.75) is 19.0 Å². The molecule has 0 aliphatic heterocycles. The molecule has 1 unspecified atom stereocenters. The summed E-state index contributed by atoms with van der Waals surface area (Å²) in [6, 6.07) is 9.17. The van der Waals surface area contributed by atoms with Gasteiger partial charge in [0.05, 0.1) is 13.2 Å². The number of halogens is 1. The lowest BCUT2D eigenvalue weighted by atomic mass is 10.2. The highest BCUT2D eigenvalue weighted by Gasteiger charge is 2.35. The lowest BCUT2D eigenvalue weighted by Gasteiger charge is -2.21. The molecule has 0 saturated carbocycles. The van der Waals surface area contributed by atoms with Gasteiger partial charge in [-0.25, -0.2) is 0 Å². The Kier molecular flexibility index (Phi) is 5.50. The van der Waals surface area contributed by atoms with Gasteiger partial charge >= 0.3 is 7.60 Å². The molecular formula is C11H16ClO3P. The van der Waals surface area contributed by atoms with Crippen LogP contribution in [0.25, 0.3) is 0 Å². The van der Waals surface area contributed by atoms with Gasteiger partial charge in [-0.05, 0) is 19.4 Å². The van der Waals surface area contributed by atoms with Gasteiger partial charge in [-0.3, -0.25) is 4.57 Å². The van der Waals surface area contributed by atoms with Crippen LogP contribution < -0.4 is 0 Å². The Bertz CT molecular complexity index is 346. The van der Waals surface area contributed by atoms with Crippen molar-refractivity contribution in [2.75, 3.05) is 13.2 Å². The molecule has 0 bridgehead atoms. The summed E-state index contributed by atoms with van der Waals surface area (Å²) in [4.78, 5) is 0. The molecule has 1 atom stereocenters. The molecule has 0 fully saturated rings. The zero-order valence-electron chi connectivity index (χ0n) is 9.43. The summed E-state index contributed by atoms with van der Waals surface area (Å²) in [7, 11) is -3.27. The monoisotopic (exact) mass is 262 g/mol. The van der Waals surface area contributed by atoms with Gasteiger partial charge in [0, 0.05) is 0 Å². The summed E-state index contributed by atoms with van der Waals surface area (Å²) in [6.45, 7) is 4.15. The summed E-state index contributed by atoms with van der Waals surface area (Å²) in [6.07, 6.45) is 0. The van der Waals surface area contributed by atoms with Crippen molar-refractivity contribution in [3.8, 4) is 0 Å². The molecule has 0 heterocycles. The predicted molar refractivity (Wildman–Crippen MR) is 65.9 cm³/mol. The minimum absolute atomic E-state index is 0.313. The number of hydrogen-bond acceptors (Lipinski definition) is 3. The second kappa shape index (κ2) is 6.41. The molecule has 0 amide bonds. The van der Waals surface area contributed by atoms with Crippen LogP contribution in [0.3, 0.4) is 0 Å². The Labute approximate surface area is 101 Å². The normalized spacial score (nSPS) is 13.7. The van der Waals surface area contributed by atoms with Crippen molar-refractivity contribution < 1.29 is 13.6 Å². The first-order valence-corrected chi connectivity index (χ1v) is 7.26. The Morgan fingerprint density at radius 1 is 1.19 bits per heavy atom. The lowest BCUT2D eigenvalue weighted by molar-refractivity contribution is 0.218. The SMILES string of the molecule is CCOP(=O)(OCC)C(Cl)c1ccccc1. The van der Waals surface area contributed by atoms with E-state index in [1.54, 1.807) is 13.8 Å². The Balaban J connectivity index is 2.91. The first-order valence-electron chi connectivity index (χ1n) is 5.22. The lowest BCUT2D eigenvalue weighted by Crippen LogP contribution is -2.01. The van der Waals surface area contributed by atoms with Crippen LogP contribution in [-0.4, -0.2) is 13.2 Å². The summed E-state index contributed by atoms with van der Waals surface area (Å²) >= 11 is 6.16. The fourth-order valence-corrected chi connectivity index (χ4v) is 3.40. The van der Waals surface area contributed by atoms with E-state index in [1.165, 1.54) is 0 Å². The second-order valence-corrected chi connectivity index (χ2v) is 5.98. The molecule has 0 saturated heterocycles. The second-order valence-electron chi connectivity index (χ2n) is 3.12. The van der Waals surface area contributed by atoms with Crippen molar-refractivity contribution in [1.82, 2.24) is 0 Å². The molecule has 1 rings (SSSR count). The summed E-state index contributed by atoms with van der Waals surface area (Å²) in [5.41, 5.74) is 0.745. The van der Waals surface area contributed by atoms with Crippen molar-refractivity contribution >= 4 is 19.2 Å². The van der Waals surface area contributed by atoms with Gasteiger partial charge in [-0.1, -0.05) is 30.3 Å². The smallest absolute Gasteiger partial charge is 0.308 e. The minimum atomic E-state index is -3.27. The van der Waals surface area contributed by atoms with Crippen LogP contribution in [-0.2, 0) is 13.6 Å². The molecule has 0 aromatic heterocycles. The molecular weight excluding hydrogens is 247 g/mol. The van der Waals surface area contributed by atoms with E-state index in [1.807, 2.05) is 30.3 Å². The third-order valence-corrected chi connectivity index (χ3v) is 5.03. The number of alkyl halides is 1. The minimum Gasteiger partial charge on any atom is -0.308 e. The highest BCUT2D eigenvalue weighted by Crippen LogP contribution is 2.62. The summed E-state index contributed by atoms with van der Waals surface area (Å²) in [5, 5.41) is -0.756. The van der Waals surface area contributed by atoms with E-state index in [9.17, 15) is 4.57 Å². The molecule has 16 heavy (non-hydrogen) atoms. The van der Waals surface area contributed by atoms with Crippen LogP contribution in [0, 0.1) is 0 Å². The van der Waals surface area contributed by atoms with Crippen LogP contribution in [0.4, 0.5) is 0 Å². The van der Waals surface area contributed by atoms with Gasteiger partial charge in [-0.2, -0.15) is 0 Å². The van der Waals surface area contributed by atoms with E-state index in [2.05, 4.69) is 0 Å². The van der Waals surface area contributed by atoms with Crippen LogP contribution >= 0.6 is 19.2 Å². The molecule has 1 aromatic rings. The van der Waals surface area contributed by atoms with E-state index in [-0.39, 0.29) is 0 Å². The van der Waals surface area contributed by atoms with E-state index in [0.717, 1.165) is 5.56 Å². The largest absolute Gasteiger partial charge is 0.352 e. The third-order valence-electron chi connectivity index (χ3n) is 1.97. The summed E-state index contributed by atoms with van der Waals surface area (Å²) < 4.78 is 22.7. The van der Waals surface area contributed by atoms with Crippen LogP contribution in [0.5, 0.6) is 0 Å². The number of benzene rings is 1. The maximum atomic E-state index is 12.3. The molecule has 0 N–H and O–H groups in total. The maximum absolute atomic E-state index is 12.3. The first-order chi connectivity index (χ1) is 7.64. The Morgan fingerprint density at radius 2 is 1.69 bits per heavy atom. The third kappa shape index (κ3) is 3.33. The van der Waals surface area contributed by atoms with E-state index in [4.69, 9.17) is 20.6 Å². The van der Waals surface area contributed by atoms with Gasteiger partial charge in [0.15, 0.2) is 5.12 Å². The van der Waals surface area contributed by atoms with E-state index < -0.39 is 12.7 Å². The van der Waals surface area contributed by atoms with Crippen LogP contribution in [0.1, 0.15) is 24.5 Å². The van der Waals surface area contributed by atoms with Crippen LogP contribution in [0.2, 0.25) is 0 Å². The zero-order chi connectivity index (χ0) is 12.0. The molecule has 5 heteroatoms. The van der Waals surface area contributed by atoms with Crippen molar-refractivity contribution in [1.29, 1.82) is 0 Å². The van der Waals surface area contributed by atoms with Gasteiger partial charge < -0.3 is 9.05 Å². The van der Waals surface area contributed by atoms with E-state index in [0.29, 0.717) is 13.2 Å². The van der Waals surface area contributed by atoms with Gasteiger partial charge in [0.1, 0.15) is 0 Å². The number of rotatable bonds is 6. The highest BCUT2D eigenvalue weighted by atomic mass is 35.5. The molecule has 1 aromatic carbocycles. The van der Waals surface area contributed by atoms with Crippen molar-refractivity contribution in [3.05, 3.63) is 35.9 Å². The van der Waals surface area contributed by atoms with Crippen molar-refractivity contribution in [3.63, 3.8) is 0 Å². The van der Waals surface area contributed by atoms with E-state index >= 15 is 0 Å². The van der Waals surface area contributed by atoms with Gasteiger partial charge in [0.2, 0.25) is 0 Å². The molecule has 90 valence electrons. The Hall–Kier alpha value is -0.340. The first kappa shape index (κ1) is 13.7. The zero-order valence-corrected chi connectivity index (χ0v) is 11.1. The van der Waals surface area contributed by atoms with Crippen LogP contribution in [0.15, 0.2) is 30.3 Å². The Morgan fingerprint density at radius 3 is 2.12 bits per heavy atom. The molecule has 0 aliphatic rings. The predicted octanol–water partition coefficient (Wildman–Crippen LogP) is 4.19. The van der Waals surface area contributed by atoms with Gasteiger partial charge in [-0.15, -0.1) is 11.6 Å². The fourth-order valence-electron chi connectivity index (χ4n) is 1.32. The quantitative estimate of drug-likeness (QED) is 0.570. The average Bonchev–Trinajstić information content (AvgIpc) is 2.30. The molecule has 0 radical (unpaired) electrons. The maximum Gasteiger partial charge on any atom is 0.352 e. The average molecular weight is 263 g/mol. The summed E-state index contributed by atoms with van der Waals surface area (Å²) in [5.74, 6) is 0. The molecule has 3 nitrogen and oxygen atoms in total.